The Bertz CT molecular complexity index is 953. The number of hydrogen-bond acceptors (Lipinski definition) is 6. The Balaban J connectivity index is 1.95. The van der Waals surface area contributed by atoms with Crippen molar-refractivity contribution in [3.63, 3.8) is 0 Å². The number of imidazole rings is 1. The summed E-state index contributed by atoms with van der Waals surface area (Å²) in [6.07, 6.45) is 1.69. The van der Waals surface area contributed by atoms with Gasteiger partial charge >= 0.3 is 0 Å². The molecule has 0 fully saturated rings. The number of aromatic nitrogens is 4. The molecule has 4 aromatic rings. The number of aryl methyl sites for hydroxylation is 1. The second-order valence-electron chi connectivity index (χ2n) is 4.77. The van der Waals surface area contributed by atoms with Crippen molar-refractivity contribution in [1.82, 2.24) is 19.9 Å². The number of methoxy groups -OCH3 is 1. The van der Waals surface area contributed by atoms with E-state index in [0.29, 0.717) is 0 Å². The highest BCUT2D eigenvalue weighted by atomic mass is 32.1. The highest BCUT2D eigenvalue weighted by Crippen LogP contribution is 2.41. The summed E-state index contributed by atoms with van der Waals surface area (Å²) in [5, 5.41) is 2.96. The van der Waals surface area contributed by atoms with E-state index >= 15 is 0 Å². The summed E-state index contributed by atoms with van der Waals surface area (Å²) in [7, 11) is 1.68. The molecule has 110 valence electrons. The van der Waals surface area contributed by atoms with E-state index in [9.17, 15) is 0 Å². The van der Waals surface area contributed by atoms with Gasteiger partial charge in [-0.25, -0.2) is 15.0 Å². The highest BCUT2D eigenvalue weighted by molar-refractivity contribution is 7.17. The van der Waals surface area contributed by atoms with Crippen LogP contribution in [-0.4, -0.2) is 27.0 Å². The first-order chi connectivity index (χ1) is 10.8. The summed E-state index contributed by atoms with van der Waals surface area (Å²) in [6.45, 7) is 1.99. The first-order valence-electron chi connectivity index (χ1n) is 6.64. The third-order valence-electron chi connectivity index (χ3n) is 3.39. The molecule has 4 rings (SSSR count). The zero-order valence-electron chi connectivity index (χ0n) is 12.0. The van der Waals surface area contributed by atoms with Crippen molar-refractivity contribution in [2.24, 2.45) is 0 Å². The van der Waals surface area contributed by atoms with E-state index in [1.165, 1.54) is 0 Å². The molecule has 7 heteroatoms. The van der Waals surface area contributed by atoms with Crippen LogP contribution in [0.15, 0.2) is 29.4 Å². The second kappa shape index (κ2) is 5.19. The van der Waals surface area contributed by atoms with Crippen LogP contribution in [0.5, 0.6) is 5.75 Å². The van der Waals surface area contributed by atoms with Gasteiger partial charge in [0.15, 0.2) is 0 Å². The first kappa shape index (κ1) is 13.4. The molecule has 0 aliphatic carbocycles. The average Bonchev–Trinajstić information content (AvgIpc) is 3.25. The lowest BCUT2D eigenvalue weighted by molar-refractivity contribution is 0.422. The molecule has 0 atom stereocenters. The standard InChI is InChI=1S/C15H12N4OS2/c1-8-5-21-15(19-8)12-11(16-6-17-12)9-3-4-10-14(13(9)20-2)22-7-18-10/h3-7H,1-2H3,(H,16,17). The summed E-state index contributed by atoms with van der Waals surface area (Å²) >= 11 is 3.17. The molecular formula is C15H12N4OS2. The van der Waals surface area contributed by atoms with Gasteiger partial charge in [-0.2, -0.15) is 0 Å². The number of ether oxygens (including phenoxy) is 1. The number of nitrogens with one attached hydrogen (secondary N) is 1. The largest absolute Gasteiger partial charge is 0.494 e. The fraction of sp³-hybridized carbons (Fsp3) is 0.133. The van der Waals surface area contributed by atoms with Gasteiger partial charge < -0.3 is 9.72 Å². The Labute approximate surface area is 134 Å². The van der Waals surface area contributed by atoms with E-state index in [2.05, 4.69) is 19.9 Å². The number of fused-ring (bicyclic) bond motifs is 1. The number of H-pyrrole nitrogens is 1. The van der Waals surface area contributed by atoms with Crippen molar-refractivity contribution in [2.75, 3.05) is 7.11 Å². The molecule has 0 saturated carbocycles. The van der Waals surface area contributed by atoms with E-state index < -0.39 is 0 Å². The molecule has 5 nitrogen and oxygen atoms in total. The van der Waals surface area contributed by atoms with Crippen LogP contribution in [0.3, 0.4) is 0 Å². The number of benzene rings is 1. The van der Waals surface area contributed by atoms with Crippen LogP contribution in [0.2, 0.25) is 0 Å². The lowest BCUT2D eigenvalue weighted by Crippen LogP contribution is -1.90. The van der Waals surface area contributed by atoms with Crippen LogP contribution in [0.25, 0.3) is 32.2 Å². The molecular weight excluding hydrogens is 316 g/mol. The van der Waals surface area contributed by atoms with Crippen LogP contribution in [-0.2, 0) is 0 Å². The first-order valence-corrected chi connectivity index (χ1v) is 8.40. The summed E-state index contributed by atoms with van der Waals surface area (Å²) in [6, 6.07) is 4.00. The Morgan fingerprint density at radius 1 is 1.18 bits per heavy atom. The van der Waals surface area contributed by atoms with E-state index in [1.54, 1.807) is 36.1 Å². The van der Waals surface area contributed by atoms with Gasteiger partial charge in [0.25, 0.3) is 0 Å². The van der Waals surface area contributed by atoms with Crippen LogP contribution in [0.4, 0.5) is 0 Å². The van der Waals surface area contributed by atoms with Gasteiger partial charge in [-0.05, 0) is 19.1 Å². The van der Waals surface area contributed by atoms with Gasteiger partial charge in [0.2, 0.25) is 0 Å². The van der Waals surface area contributed by atoms with Gasteiger partial charge in [-0.15, -0.1) is 22.7 Å². The fourth-order valence-electron chi connectivity index (χ4n) is 2.42. The highest BCUT2D eigenvalue weighted by Gasteiger charge is 2.19. The molecule has 0 spiro atoms. The molecule has 0 saturated heterocycles. The van der Waals surface area contributed by atoms with E-state index in [0.717, 1.165) is 43.6 Å². The Morgan fingerprint density at radius 2 is 2.09 bits per heavy atom. The maximum Gasteiger partial charge on any atom is 0.147 e. The van der Waals surface area contributed by atoms with E-state index in [1.807, 2.05) is 29.9 Å². The molecule has 0 radical (unpaired) electrons. The smallest absolute Gasteiger partial charge is 0.147 e. The number of aromatic amines is 1. The van der Waals surface area contributed by atoms with Crippen molar-refractivity contribution in [3.8, 4) is 27.7 Å². The monoisotopic (exact) mass is 328 g/mol. The third-order valence-corrected chi connectivity index (χ3v) is 5.20. The lowest BCUT2D eigenvalue weighted by Gasteiger charge is -2.08. The summed E-state index contributed by atoms with van der Waals surface area (Å²) in [4.78, 5) is 16.6. The minimum Gasteiger partial charge on any atom is -0.494 e. The minimum absolute atomic E-state index is 0.807. The number of thiazole rings is 2. The van der Waals surface area contributed by atoms with Crippen LogP contribution >= 0.6 is 22.7 Å². The van der Waals surface area contributed by atoms with Crippen LogP contribution in [0, 0.1) is 6.92 Å². The van der Waals surface area contributed by atoms with Gasteiger partial charge in [0.1, 0.15) is 22.1 Å². The number of hydrogen-bond donors (Lipinski definition) is 1. The summed E-state index contributed by atoms with van der Waals surface area (Å²) < 4.78 is 6.67. The van der Waals surface area contributed by atoms with Gasteiger partial charge in [0.05, 0.1) is 29.2 Å². The normalized spacial score (nSPS) is 11.2. The van der Waals surface area contributed by atoms with Gasteiger partial charge in [-0.3, -0.25) is 0 Å². The Hall–Kier alpha value is -2.25. The molecule has 0 aliphatic rings. The molecule has 3 aromatic heterocycles. The van der Waals surface area contributed by atoms with Crippen molar-refractivity contribution >= 4 is 32.9 Å². The predicted octanol–water partition coefficient (Wildman–Crippen LogP) is 4.13. The SMILES string of the molecule is COc1c(-c2nc[nH]c2-c2nc(C)cs2)ccc2ncsc12. The van der Waals surface area contributed by atoms with Crippen molar-refractivity contribution in [1.29, 1.82) is 0 Å². The van der Waals surface area contributed by atoms with Crippen molar-refractivity contribution in [3.05, 3.63) is 35.0 Å². The molecule has 0 bridgehead atoms. The van der Waals surface area contributed by atoms with Crippen molar-refractivity contribution in [2.45, 2.75) is 6.92 Å². The van der Waals surface area contributed by atoms with Gasteiger partial charge in [0, 0.05) is 16.6 Å². The molecule has 0 amide bonds. The van der Waals surface area contributed by atoms with Gasteiger partial charge in [-0.1, -0.05) is 0 Å². The zero-order valence-corrected chi connectivity index (χ0v) is 13.6. The topological polar surface area (TPSA) is 63.7 Å². The maximum absolute atomic E-state index is 5.64. The van der Waals surface area contributed by atoms with Crippen LogP contribution < -0.4 is 4.74 Å². The summed E-state index contributed by atoms with van der Waals surface area (Å²) in [5.41, 5.74) is 6.48. The molecule has 1 N–H and O–H groups in total. The molecule has 22 heavy (non-hydrogen) atoms. The Kier molecular flexibility index (Phi) is 3.16. The fourth-order valence-corrected chi connectivity index (χ4v) is 4.04. The minimum atomic E-state index is 0.807. The molecule has 1 aromatic carbocycles. The lowest BCUT2D eigenvalue weighted by atomic mass is 10.1. The predicted molar refractivity (Wildman–Crippen MR) is 89.6 cm³/mol. The molecule has 3 heterocycles. The Morgan fingerprint density at radius 3 is 2.86 bits per heavy atom. The third kappa shape index (κ3) is 2.01. The maximum atomic E-state index is 5.64. The average molecular weight is 328 g/mol. The van der Waals surface area contributed by atoms with E-state index in [-0.39, 0.29) is 0 Å². The van der Waals surface area contributed by atoms with Crippen LogP contribution in [0.1, 0.15) is 5.69 Å². The number of rotatable bonds is 3. The second-order valence-corrected chi connectivity index (χ2v) is 6.48. The number of nitrogens with zero attached hydrogens (tertiary/aromatic N) is 3. The zero-order chi connectivity index (χ0) is 15.1. The van der Waals surface area contributed by atoms with E-state index in [4.69, 9.17) is 4.74 Å². The summed E-state index contributed by atoms with van der Waals surface area (Å²) in [5.74, 6) is 0.807. The molecule has 0 unspecified atom stereocenters. The quantitative estimate of drug-likeness (QED) is 0.614. The van der Waals surface area contributed by atoms with Crippen molar-refractivity contribution < 1.29 is 4.74 Å². The molecule has 0 aliphatic heterocycles.